The normalized spacial score (nSPS) is 11.1. The molecular weight excluding hydrogens is 404 g/mol. The van der Waals surface area contributed by atoms with Crippen LogP contribution in [0.1, 0.15) is 44.1 Å². The van der Waals surface area contributed by atoms with Crippen LogP contribution in [0.15, 0.2) is 53.3 Å². The molecule has 32 heavy (non-hydrogen) atoms. The molecule has 170 valence electrons. The van der Waals surface area contributed by atoms with Crippen molar-refractivity contribution < 1.29 is 14.4 Å². The van der Waals surface area contributed by atoms with Crippen LogP contribution >= 0.6 is 0 Å². The third-order valence-corrected chi connectivity index (χ3v) is 5.38. The predicted molar refractivity (Wildman–Crippen MR) is 127 cm³/mol. The third-order valence-electron chi connectivity index (χ3n) is 5.38. The van der Waals surface area contributed by atoms with Crippen molar-refractivity contribution in [3.05, 3.63) is 64.6 Å². The fourth-order valence-corrected chi connectivity index (χ4v) is 3.90. The van der Waals surface area contributed by atoms with Crippen LogP contribution in [0, 0.1) is 0 Å². The van der Waals surface area contributed by atoms with E-state index in [0.717, 1.165) is 32.5 Å². The van der Waals surface area contributed by atoms with Gasteiger partial charge in [-0.3, -0.25) is 9.59 Å². The second kappa shape index (κ2) is 11.4. The first-order valence-corrected chi connectivity index (χ1v) is 11.5. The SMILES string of the molecule is CCC[NH+](CCC)CCNC(=O)c1nn(-c2ccc(OCC)cc2)c(=O)c2ccccc12. The maximum absolute atomic E-state index is 13.1. The van der Waals surface area contributed by atoms with E-state index in [1.165, 1.54) is 9.58 Å². The highest BCUT2D eigenvalue weighted by Gasteiger charge is 2.18. The van der Waals surface area contributed by atoms with Crippen LogP contribution in [0.4, 0.5) is 0 Å². The second-order valence-corrected chi connectivity index (χ2v) is 7.79. The molecule has 3 aromatic rings. The molecule has 0 bridgehead atoms. The van der Waals surface area contributed by atoms with Crippen molar-refractivity contribution in [2.24, 2.45) is 0 Å². The molecule has 3 rings (SSSR count). The Morgan fingerprint density at radius 3 is 2.25 bits per heavy atom. The summed E-state index contributed by atoms with van der Waals surface area (Å²) in [5.74, 6) is 0.447. The smallest absolute Gasteiger partial charge is 0.279 e. The zero-order valence-electron chi connectivity index (χ0n) is 19.2. The van der Waals surface area contributed by atoms with E-state index >= 15 is 0 Å². The zero-order chi connectivity index (χ0) is 22.9. The summed E-state index contributed by atoms with van der Waals surface area (Å²) in [6.45, 7) is 10.4. The van der Waals surface area contributed by atoms with Crippen LogP contribution in [0.25, 0.3) is 16.5 Å². The largest absolute Gasteiger partial charge is 0.494 e. The second-order valence-electron chi connectivity index (χ2n) is 7.79. The van der Waals surface area contributed by atoms with Gasteiger partial charge in [0.2, 0.25) is 0 Å². The summed E-state index contributed by atoms with van der Waals surface area (Å²) in [7, 11) is 0. The maximum Gasteiger partial charge on any atom is 0.279 e. The molecule has 1 heterocycles. The van der Waals surface area contributed by atoms with E-state index in [1.54, 1.807) is 42.5 Å². The number of rotatable bonds is 11. The van der Waals surface area contributed by atoms with E-state index in [9.17, 15) is 9.59 Å². The van der Waals surface area contributed by atoms with Gasteiger partial charge < -0.3 is 15.0 Å². The Morgan fingerprint density at radius 1 is 0.969 bits per heavy atom. The van der Waals surface area contributed by atoms with Crippen LogP contribution in [-0.2, 0) is 0 Å². The first-order valence-electron chi connectivity index (χ1n) is 11.5. The highest BCUT2D eigenvalue weighted by Crippen LogP contribution is 2.17. The molecular formula is C25H33N4O3+. The highest BCUT2D eigenvalue weighted by atomic mass is 16.5. The Balaban J connectivity index is 1.90. The number of benzene rings is 2. The van der Waals surface area contributed by atoms with Gasteiger partial charge in [0, 0.05) is 5.39 Å². The summed E-state index contributed by atoms with van der Waals surface area (Å²) < 4.78 is 6.77. The molecule has 0 spiro atoms. The minimum absolute atomic E-state index is 0.251. The van der Waals surface area contributed by atoms with E-state index in [0.29, 0.717) is 35.4 Å². The zero-order valence-corrected chi connectivity index (χ0v) is 19.2. The Hall–Kier alpha value is -3.19. The monoisotopic (exact) mass is 437 g/mol. The molecule has 0 saturated carbocycles. The van der Waals surface area contributed by atoms with E-state index in [2.05, 4.69) is 24.3 Å². The van der Waals surface area contributed by atoms with Crippen molar-refractivity contribution in [3.8, 4) is 11.4 Å². The molecule has 0 unspecified atom stereocenters. The van der Waals surface area contributed by atoms with Gasteiger partial charge in [-0.1, -0.05) is 32.0 Å². The molecule has 0 saturated heterocycles. The van der Waals surface area contributed by atoms with Crippen LogP contribution in [0.5, 0.6) is 5.75 Å². The van der Waals surface area contributed by atoms with E-state index in [4.69, 9.17) is 4.74 Å². The summed E-state index contributed by atoms with van der Waals surface area (Å²) in [4.78, 5) is 27.6. The summed E-state index contributed by atoms with van der Waals surface area (Å²) >= 11 is 0. The first kappa shape index (κ1) is 23.5. The average molecular weight is 438 g/mol. The van der Waals surface area contributed by atoms with Crippen LogP contribution in [-0.4, -0.2) is 48.5 Å². The molecule has 7 heteroatoms. The minimum atomic E-state index is -0.270. The number of nitrogens with zero attached hydrogens (tertiary/aromatic N) is 2. The number of hydrogen-bond acceptors (Lipinski definition) is 4. The molecule has 0 aliphatic rings. The molecule has 2 aromatic carbocycles. The van der Waals surface area contributed by atoms with Crippen LogP contribution in [0.2, 0.25) is 0 Å². The Kier molecular flexibility index (Phi) is 8.39. The lowest BCUT2D eigenvalue weighted by Crippen LogP contribution is -3.12. The summed E-state index contributed by atoms with van der Waals surface area (Å²) in [5, 5.41) is 8.49. The molecule has 7 nitrogen and oxygen atoms in total. The Morgan fingerprint density at radius 2 is 1.62 bits per heavy atom. The maximum atomic E-state index is 13.1. The van der Waals surface area contributed by atoms with Gasteiger partial charge in [0.05, 0.1) is 43.9 Å². The van der Waals surface area contributed by atoms with Crippen LogP contribution < -0.4 is 20.5 Å². The van der Waals surface area contributed by atoms with E-state index in [-0.39, 0.29) is 17.2 Å². The molecule has 1 amide bonds. The summed E-state index contributed by atoms with van der Waals surface area (Å²) in [5.41, 5.74) is 0.573. The standard InChI is InChI=1S/C25H32N4O3/c1-4-16-28(17-5-2)18-15-26-24(30)23-21-9-7-8-10-22(21)25(31)29(27-23)19-11-13-20(14-12-19)32-6-3/h7-14H,4-6,15-18H2,1-3H3,(H,26,30)/p+1. The molecule has 0 radical (unpaired) electrons. The molecule has 0 atom stereocenters. The molecule has 0 aliphatic heterocycles. The van der Waals surface area contributed by atoms with Gasteiger partial charge in [0.25, 0.3) is 11.5 Å². The Bertz CT molecular complexity index is 1090. The summed E-state index contributed by atoms with van der Waals surface area (Å²) in [6, 6.07) is 14.2. The highest BCUT2D eigenvalue weighted by molar-refractivity contribution is 6.04. The number of nitrogens with one attached hydrogen (secondary N) is 2. The van der Waals surface area contributed by atoms with Gasteiger partial charge >= 0.3 is 0 Å². The van der Waals surface area contributed by atoms with Crippen molar-refractivity contribution >= 4 is 16.7 Å². The quantitative estimate of drug-likeness (QED) is 0.482. The van der Waals surface area contributed by atoms with E-state index in [1.807, 2.05) is 13.0 Å². The van der Waals surface area contributed by atoms with Crippen LogP contribution in [0.3, 0.4) is 0 Å². The Labute approximate surface area is 189 Å². The number of amides is 1. The van der Waals surface area contributed by atoms with E-state index < -0.39 is 0 Å². The molecule has 1 aromatic heterocycles. The van der Waals surface area contributed by atoms with Gasteiger partial charge in [0.1, 0.15) is 5.75 Å². The number of aromatic nitrogens is 2. The minimum Gasteiger partial charge on any atom is -0.494 e. The third kappa shape index (κ3) is 5.53. The number of carbonyl (C=O) groups is 1. The van der Waals surface area contributed by atoms with Gasteiger partial charge in [-0.2, -0.15) is 9.78 Å². The fraction of sp³-hybridized carbons (Fsp3) is 0.400. The topological polar surface area (TPSA) is 77.7 Å². The lowest BCUT2D eigenvalue weighted by Gasteiger charge is -2.18. The number of ether oxygens (including phenoxy) is 1. The predicted octanol–water partition coefficient (Wildman–Crippen LogP) is 2.22. The van der Waals surface area contributed by atoms with Gasteiger partial charge in [-0.25, -0.2) is 0 Å². The lowest BCUT2D eigenvalue weighted by atomic mass is 10.1. The van der Waals surface area contributed by atoms with Gasteiger partial charge in [-0.15, -0.1) is 0 Å². The van der Waals surface area contributed by atoms with Gasteiger partial charge in [0.15, 0.2) is 5.69 Å². The van der Waals surface area contributed by atoms with Crippen molar-refractivity contribution in [3.63, 3.8) is 0 Å². The van der Waals surface area contributed by atoms with Crippen molar-refractivity contribution in [1.29, 1.82) is 0 Å². The summed E-state index contributed by atoms with van der Waals surface area (Å²) in [6.07, 6.45) is 2.23. The van der Waals surface area contributed by atoms with Crippen molar-refractivity contribution in [2.75, 3.05) is 32.8 Å². The number of quaternary nitrogens is 1. The first-order chi connectivity index (χ1) is 15.6. The van der Waals surface area contributed by atoms with Crippen molar-refractivity contribution in [1.82, 2.24) is 15.1 Å². The lowest BCUT2D eigenvalue weighted by molar-refractivity contribution is -0.898. The molecule has 0 fully saturated rings. The molecule has 2 N–H and O–H groups in total. The number of carbonyl (C=O) groups excluding carboxylic acids is 1. The molecule has 0 aliphatic carbocycles. The van der Waals surface area contributed by atoms with Gasteiger partial charge in [-0.05, 0) is 50.1 Å². The van der Waals surface area contributed by atoms with Crippen molar-refractivity contribution in [2.45, 2.75) is 33.6 Å². The average Bonchev–Trinajstić information content (AvgIpc) is 2.80. The number of hydrogen-bond donors (Lipinski definition) is 2. The number of fused-ring (bicyclic) bond motifs is 1. The fourth-order valence-electron chi connectivity index (χ4n) is 3.90.